The van der Waals surface area contributed by atoms with Gasteiger partial charge in [0, 0.05) is 32.2 Å². The predicted molar refractivity (Wildman–Crippen MR) is 127 cm³/mol. The van der Waals surface area contributed by atoms with Crippen molar-refractivity contribution in [1.82, 2.24) is 16.0 Å². The molecule has 0 aliphatic heterocycles. The summed E-state index contributed by atoms with van der Waals surface area (Å²) in [4.78, 5) is 16.2. The second-order valence-electron chi connectivity index (χ2n) is 6.54. The van der Waals surface area contributed by atoms with Gasteiger partial charge >= 0.3 is 0 Å². The number of amides is 1. The molecule has 0 radical (unpaired) electrons. The maximum Gasteiger partial charge on any atom is 0.251 e. The van der Waals surface area contributed by atoms with E-state index in [0.29, 0.717) is 31.2 Å². The van der Waals surface area contributed by atoms with E-state index in [1.807, 2.05) is 24.3 Å². The topological polar surface area (TPSA) is 65.5 Å². The van der Waals surface area contributed by atoms with Gasteiger partial charge in [0.2, 0.25) is 0 Å². The van der Waals surface area contributed by atoms with Crippen LogP contribution < -0.4 is 16.0 Å². The van der Waals surface area contributed by atoms with E-state index in [-0.39, 0.29) is 35.7 Å². The number of carbonyl (C=O) groups is 1. The summed E-state index contributed by atoms with van der Waals surface area (Å²) in [6.45, 7) is 4.11. The summed E-state index contributed by atoms with van der Waals surface area (Å²) in [5, 5.41) is 9.41. The highest BCUT2D eigenvalue weighted by atomic mass is 127. The lowest BCUT2D eigenvalue weighted by Crippen LogP contribution is -2.37. The molecule has 0 aromatic heterocycles. The molecule has 158 valence electrons. The Morgan fingerprint density at radius 2 is 1.59 bits per heavy atom. The van der Waals surface area contributed by atoms with Crippen molar-refractivity contribution in [2.75, 3.05) is 20.1 Å². The second-order valence-corrected chi connectivity index (χ2v) is 6.54. The van der Waals surface area contributed by atoms with E-state index in [9.17, 15) is 9.18 Å². The van der Waals surface area contributed by atoms with E-state index >= 15 is 0 Å². The van der Waals surface area contributed by atoms with Crippen LogP contribution in [0, 0.1) is 5.82 Å². The standard InChI is InChI=1S/C22H29FN4O.HI/c1-3-4-14-25-21(28)19-9-5-18(6-10-19)16-27-22(24-2)26-15-13-17-7-11-20(23)12-8-17;/h5-12H,3-4,13-16H2,1-2H3,(H,25,28)(H2,24,26,27);1H. The summed E-state index contributed by atoms with van der Waals surface area (Å²) in [7, 11) is 1.72. The van der Waals surface area contributed by atoms with E-state index in [1.165, 1.54) is 12.1 Å². The summed E-state index contributed by atoms with van der Waals surface area (Å²) in [5.41, 5.74) is 2.80. The summed E-state index contributed by atoms with van der Waals surface area (Å²) in [5.74, 6) is 0.438. The largest absolute Gasteiger partial charge is 0.356 e. The number of rotatable bonds is 9. The molecule has 0 fully saturated rings. The van der Waals surface area contributed by atoms with Crippen molar-refractivity contribution in [3.05, 3.63) is 71.0 Å². The molecule has 0 aliphatic carbocycles. The molecule has 2 rings (SSSR count). The highest BCUT2D eigenvalue weighted by molar-refractivity contribution is 14.0. The van der Waals surface area contributed by atoms with Crippen LogP contribution in [-0.4, -0.2) is 32.0 Å². The molecule has 0 saturated heterocycles. The molecule has 0 saturated carbocycles. The Morgan fingerprint density at radius 3 is 2.21 bits per heavy atom. The van der Waals surface area contributed by atoms with Gasteiger partial charge in [0.05, 0.1) is 0 Å². The summed E-state index contributed by atoms with van der Waals surface area (Å²) in [6.07, 6.45) is 2.83. The average molecular weight is 512 g/mol. The molecule has 0 unspecified atom stereocenters. The number of aliphatic imine (C=N–C) groups is 1. The normalized spacial score (nSPS) is 10.8. The molecule has 2 aromatic rings. The number of hydrogen-bond donors (Lipinski definition) is 3. The van der Waals surface area contributed by atoms with Gasteiger partial charge in [-0.05, 0) is 48.2 Å². The molecule has 2 aromatic carbocycles. The van der Waals surface area contributed by atoms with Crippen LogP contribution in [0.25, 0.3) is 0 Å². The quantitative estimate of drug-likeness (QED) is 0.207. The molecule has 7 heteroatoms. The van der Waals surface area contributed by atoms with Crippen LogP contribution in [0.1, 0.15) is 41.3 Å². The minimum absolute atomic E-state index is 0. The van der Waals surface area contributed by atoms with Gasteiger partial charge in [-0.2, -0.15) is 0 Å². The minimum atomic E-state index is -0.223. The molecule has 5 nitrogen and oxygen atoms in total. The Balaban J connectivity index is 0.00000420. The molecule has 0 spiro atoms. The van der Waals surface area contributed by atoms with Crippen LogP contribution in [0.5, 0.6) is 0 Å². The zero-order valence-corrected chi connectivity index (χ0v) is 19.3. The van der Waals surface area contributed by atoms with Crippen molar-refractivity contribution >= 4 is 35.8 Å². The lowest BCUT2D eigenvalue weighted by atomic mass is 10.1. The van der Waals surface area contributed by atoms with E-state index in [2.05, 4.69) is 27.9 Å². The Morgan fingerprint density at radius 1 is 0.931 bits per heavy atom. The van der Waals surface area contributed by atoms with Crippen molar-refractivity contribution in [3.63, 3.8) is 0 Å². The van der Waals surface area contributed by atoms with Crippen LogP contribution in [0.2, 0.25) is 0 Å². The van der Waals surface area contributed by atoms with E-state index in [4.69, 9.17) is 0 Å². The zero-order chi connectivity index (χ0) is 20.2. The second kappa shape index (κ2) is 13.9. The van der Waals surface area contributed by atoms with Gasteiger partial charge in [-0.25, -0.2) is 4.39 Å². The first kappa shape index (κ1) is 24.9. The van der Waals surface area contributed by atoms with Crippen LogP contribution >= 0.6 is 24.0 Å². The Labute approximate surface area is 189 Å². The van der Waals surface area contributed by atoms with E-state index in [0.717, 1.165) is 30.4 Å². The number of halogens is 2. The van der Waals surface area contributed by atoms with Gasteiger partial charge in [0.1, 0.15) is 5.82 Å². The number of unbranched alkanes of at least 4 members (excludes halogenated alkanes) is 1. The highest BCUT2D eigenvalue weighted by Gasteiger charge is 2.05. The van der Waals surface area contributed by atoms with Crippen LogP contribution in [-0.2, 0) is 13.0 Å². The van der Waals surface area contributed by atoms with Crippen LogP contribution in [0.15, 0.2) is 53.5 Å². The summed E-state index contributed by atoms with van der Waals surface area (Å²) in [6, 6.07) is 14.1. The summed E-state index contributed by atoms with van der Waals surface area (Å²) < 4.78 is 12.9. The van der Waals surface area contributed by atoms with Crippen molar-refractivity contribution in [3.8, 4) is 0 Å². The number of benzene rings is 2. The maximum absolute atomic E-state index is 12.9. The fourth-order valence-electron chi connectivity index (χ4n) is 2.64. The molecular weight excluding hydrogens is 482 g/mol. The molecule has 1 amide bonds. The molecule has 29 heavy (non-hydrogen) atoms. The predicted octanol–water partition coefficient (Wildman–Crippen LogP) is 3.88. The highest BCUT2D eigenvalue weighted by Crippen LogP contribution is 2.05. The third kappa shape index (κ3) is 9.25. The Hall–Kier alpha value is -2.16. The first-order chi connectivity index (χ1) is 13.6. The van der Waals surface area contributed by atoms with Crippen molar-refractivity contribution in [2.24, 2.45) is 4.99 Å². The smallest absolute Gasteiger partial charge is 0.251 e. The molecule has 0 aliphatic rings. The fourth-order valence-corrected chi connectivity index (χ4v) is 2.64. The van der Waals surface area contributed by atoms with Gasteiger partial charge in [-0.3, -0.25) is 9.79 Å². The molecule has 0 bridgehead atoms. The van der Waals surface area contributed by atoms with Gasteiger partial charge in [0.15, 0.2) is 5.96 Å². The van der Waals surface area contributed by atoms with Gasteiger partial charge < -0.3 is 16.0 Å². The van der Waals surface area contributed by atoms with Crippen LogP contribution in [0.4, 0.5) is 4.39 Å². The lowest BCUT2D eigenvalue weighted by Gasteiger charge is -2.12. The minimum Gasteiger partial charge on any atom is -0.356 e. The van der Waals surface area contributed by atoms with Gasteiger partial charge in [0.25, 0.3) is 5.91 Å². The summed E-state index contributed by atoms with van der Waals surface area (Å²) >= 11 is 0. The SMILES string of the molecule is CCCCNC(=O)c1ccc(CNC(=NC)NCCc2ccc(F)cc2)cc1.I. The molecule has 0 heterocycles. The van der Waals surface area contributed by atoms with E-state index in [1.54, 1.807) is 19.2 Å². The van der Waals surface area contributed by atoms with Crippen molar-refractivity contribution in [1.29, 1.82) is 0 Å². The monoisotopic (exact) mass is 512 g/mol. The Kier molecular flexibility index (Phi) is 11.9. The van der Waals surface area contributed by atoms with E-state index < -0.39 is 0 Å². The fraction of sp³-hybridized carbons (Fsp3) is 0.364. The number of hydrogen-bond acceptors (Lipinski definition) is 2. The third-order valence-corrected chi connectivity index (χ3v) is 4.33. The first-order valence-electron chi connectivity index (χ1n) is 9.68. The molecular formula is C22H30FIN4O. The average Bonchev–Trinajstić information content (AvgIpc) is 2.72. The number of nitrogens with zero attached hydrogens (tertiary/aromatic N) is 1. The zero-order valence-electron chi connectivity index (χ0n) is 17.0. The first-order valence-corrected chi connectivity index (χ1v) is 9.68. The van der Waals surface area contributed by atoms with Gasteiger partial charge in [-0.15, -0.1) is 24.0 Å². The lowest BCUT2D eigenvalue weighted by molar-refractivity contribution is 0.0953. The molecule has 0 atom stereocenters. The number of carbonyl (C=O) groups excluding carboxylic acids is 1. The number of nitrogens with one attached hydrogen (secondary N) is 3. The van der Waals surface area contributed by atoms with Gasteiger partial charge in [-0.1, -0.05) is 37.6 Å². The van der Waals surface area contributed by atoms with Crippen molar-refractivity contribution in [2.45, 2.75) is 32.7 Å². The Bertz CT molecular complexity index is 763. The van der Waals surface area contributed by atoms with Crippen LogP contribution in [0.3, 0.4) is 0 Å². The van der Waals surface area contributed by atoms with Crippen molar-refractivity contribution < 1.29 is 9.18 Å². The number of guanidine groups is 1. The third-order valence-electron chi connectivity index (χ3n) is 4.33. The molecule has 3 N–H and O–H groups in total. The maximum atomic E-state index is 12.9.